The van der Waals surface area contributed by atoms with Gasteiger partial charge in [-0.3, -0.25) is 0 Å². The van der Waals surface area contributed by atoms with E-state index in [1.807, 2.05) is 0 Å². The van der Waals surface area contributed by atoms with E-state index in [0.717, 1.165) is 4.57 Å². The van der Waals surface area contributed by atoms with Gasteiger partial charge in [-0.1, -0.05) is 41.9 Å². The molecule has 0 saturated heterocycles. The van der Waals surface area contributed by atoms with Gasteiger partial charge >= 0.3 is 5.69 Å². The SMILES string of the molecule is O=c1[nH]nc(-c2ccc(Cl)s2)n1C(F)c1ccccc1. The Bertz CT molecular complexity index is 780. The number of aromatic amines is 1. The summed E-state index contributed by atoms with van der Waals surface area (Å²) < 4.78 is 16.1. The molecule has 0 bridgehead atoms. The number of hydrogen-bond donors (Lipinski definition) is 1. The summed E-state index contributed by atoms with van der Waals surface area (Å²) in [6.45, 7) is 0. The standard InChI is InChI=1S/C13H9ClFN3OS/c14-10-7-6-9(20-10)12-16-17-13(19)18(12)11(15)8-4-2-1-3-5-8/h1-7,11H,(H,17,19). The fraction of sp³-hybridized carbons (Fsp3) is 0.0769. The molecule has 102 valence electrons. The highest BCUT2D eigenvalue weighted by Crippen LogP contribution is 2.31. The molecule has 3 rings (SSSR count). The van der Waals surface area contributed by atoms with E-state index in [9.17, 15) is 9.18 Å². The number of halogens is 2. The maximum Gasteiger partial charge on any atom is 0.346 e. The molecule has 1 unspecified atom stereocenters. The van der Waals surface area contributed by atoms with Crippen molar-refractivity contribution in [3.8, 4) is 10.7 Å². The molecular weight excluding hydrogens is 301 g/mol. The van der Waals surface area contributed by atoms with E-state index in [1.165, 1.54) is 11.3 Å². The summed E-state index contributed by atoms with van der Waals surface area (Å²) in [6, 6.07) is 11.8. The summed E-state index contributed by atoms with van der Waals surface area (Å²) in [5, 5.41) is 6.16. The number of H-pyrrole nitrogens is 1. The van der Waals surface area contributed by atoms with Gasteiger partial charge in [0.15, 0.2) is 5.82 Å². The Morgan fingerprint density at radius 2 is 2.00 bits per heavy atom. The third kappa shape index (κ3) is 2.28. The first-order valence-corrected chi connectivity index (χ1v) is 6.98. The van der Waals surface area contributed by atoms with Crippen molar-refractivity contribution >= 4 is 22.9 Å². The Morgan fingerprint density at radius 1 is 1.25 bits per heavy atom. The van der Waals surface area contributed by atoms with Crippen molar-refractivity contribution in [1.82, 2.24) is 14.8 Å². The number of alkyl halides is 1. The minimum absolute atomic E-state index is 0.239. The van der Waals surface area contributed by atoms with Gasteiger partial charge in [-0.05, 0) is 12.1 Å². The van der Waals surface area contributed by atoms with Crippen molar-refractivity contribution in [1.29, 1.82) is 0 Å². The number of benzene rings is 1. The highest BCUT2D eigenvalue weighted by Gasteiger charge is 2.21. The van der Waals surface area contributed by atoms with Crippen LogP contribution in [-0.2, 0) is 0 Å². The average molecular weight is 310 g/mol. The lowest BCUT2D eigenvalue weighted by atomic mass is 10.2. The van der Waals surface area contributed by atoms with Crippen molar-refractivity contribution in [3.05, 3.63) is 62.8 Å². The normalized spacial score (nSPS) is 12.5. The van der Waals surface area contributed by atoms with Crippen molar-refractivity contribution in [2.75, 3.05) is 0 Å². The summed E-state index contributed by atoms with van der Waals surface area (Å²) in [5.41, 5.74) is -0.208. The minimum Gasteiger partial charge on any atom is -0.246 e. The predicted molar refractivity (Wildman–Crippen MR) is 76.9 cm³/mol. The average Bonchev–Trinajstić information content (AvgIpc) is 3.05. The Hall–Kier alpha value is -1.92. The maximum absolute atomic E-state index is 14.6. The van der Waals surface area contributed by atoms with Crippen molar-refractivity contribution in [2.24, 2.45) is 0 Å². The first kappa shape index (κ1) is 13.1. The molecule has 0 spiro atoms. The number of nitrogens with zero attached hydrogens (tertiary/aromatic N) is 2. The van der Waals surface area contributed by atoms with Gasteiger partial charge in [0.2, 0.25) is 6.30 Å². The Kier molecular flexibility index (Phi) is 3.42. The zero-order valence-corrected chi connectivity index (χ0v) is 11.7. The minimum atomic E-state index is -1.60. The molecule has 0 fully saturated rings. The molecule has 0 aliphatic carbocycles. The van der Waals surface area contributed by atoms with Crippen LogP contribution in [0.15, 0.2) is 47.3 Å². The lowest BCUT2D eigenvalue weighted by Crippen LogP contribution is -2.21. The fourth-order valence-electron chi connectivity index (χ4n) is 1.88. The maximum atomic E-state index is 14.6. The highest BCUT2D eigenvalue weighted by molar-refractivity contribution is 7.19. The molecule has 4 nitrogen and oxygen atoms in total. The van der Waals surface area contributed by atoms with Gasteiger partial charge in [0.25, 0.3) is 0 Å². The lowest BCUT2D eigenvalue weighted by Gasteiger charge is -2.10. The van der Waals surface area contributed by atoms with Crippen LogP contribution in [0.4, 0.5) is 4.39 Å². The van der Waals surface area contributed by atoms with Crippen LogP contribution in [0.5, 0.6) is 0 Å². The summed E-state index contributed by atoms with van der Waals surface area (Å²) >= 11 is 7.10. The van der Waals surface area contributed by atoms with Gasteiger partial charge in [-0.25, -0.2) is 18.9 Å². The van der Waals surface area contributed by atoms with E-state index < -0.39 is 12.0 Å². The van der Waals surface area contributed by atoms with Crippen molar-refractivity contribution in [3.63, 3.8) is 0 Å². The highest BCUT2D eigenvalue weighted by atomic mass is 35.5. The van der Waals surface area contributed by atoms with E-state index in [1.54, 1.807) is 42.5 Å². The quantitative estimate of drug-likeness (QED) is 0.805. The number of aromatic nitrogens is 3. The van der Waals surface area contributed by atoms with Gasteiger partial charge in [0, 0.05) is 5.56 Å². The second-order valence-corrected chi connectivity index (χ2v) is 5.79. The number of hydrogen-bond acceptors (Lipinski definition) is 3. The molecule has 0 amide bonds. The smallest absolute Gasteiger partial charge is 0.246 e. The molecule has 1 atom stereocenters. The molecule has 0 aliphatic rings. The largest absolute Gasteiger partial charge is 0.346 e. The van der Waals surface area contributed by atoms with Gasteiger partial charge in [0.1, 0.15) is 0 Å². The van der Waals surface area contributed by atoms with E-state index in [4.69, 9.17) is 11.6 Å². The lowest BCUT2D eigenvalue weighted by molar-refractivity contribution is 0.291. The Labute approximate surface area is 122 Å². The van der Waals surface area contributed by atoms with E-state index in [2.05, 4.69) is 10.2 Å². The van der Waals surface area contributed by atoms with E-state index >= 15 is 0 Å². The monoisotopic (exact) mass is 309 g/mol. The van der Waals surface area contributed by atoms with Crippen LogP contribution in [-0.4, -0.2) is 14.8 Å². The van der Waals surface area contributed by atoms with Gasteiger partial charge in [0.05, 0.1) is 9.21 Å². The molecule has 1 aromatic carbocycles. The zero-order valence-electron chi connectivity index (χ0n) is 10.1. The molecule has 0 saturated carbocycles. The molecule has 20 heavy (non-hydrogen) atoms. The van der Waals surface area contributed by atoms with Crippen LogP contribution in [0.2, 0.25) is 4.34 Å². The van der Waals surface area contributed by atoms with Crippen LogP contribution in [0.3, 0.4) is 0 Å². The van der Waals surface area contributed by atoms with E-state index in [-0.39, 0.29) is 5.82 Å². The third-order valence-corrected chi connectivity index (χ3v) is 4.03. The summed E-state index contributed by atoms with van der Waals surface area (Å²) in [7, 11) is 0. The molecule has 3 aromatic rings. The topological polar surface area (TPSA) is 50.7 Å². The number of nitrogens with one attached hydrogen (secondary N) is 1. The van der Waals surface area contributed by atoms with Crippen LogP contribution >= 0.6 is 22.9 Å². The van der Waals surface area contributed by atoms with Gasteiger partial charge < -0.3 is 0 Å². The van der Waals surface area contributed by atoms with Gasteiger partial charge in [-0.2, -0.15) is 5.10 Å². The van der Waals surface area contributed by atoms with Crippen LogP contribution in [0.25, 0.3) is 10.7 Å². The van der Waals surface area contributed by atoms with Crippen LogP contribution in [0, 0.1) is 0 Å². The first-order chi connectivity index (χ1) is 9.66. The summed E-state index contributed by atoms with van der Waals surface area (Å²) in [6.07, 6.45) is -1.60. The number of rotatable bonds is 3. The predicted octanol–water partition coefficient (Wildman–Crippen LogP) is 3.47. The van der Waals surface area contributed by atoms with Crippen molar-refractivity contribution in [2.45, 2.75) is 6.30 Å². The first-order valence-electron chi connectivity index (χ1n) is 5.78. The third-order valence-electron chi connectivity index (χ3n) is 2.80. The molecule has 2 aromatic heterocycles. The van der Waals surface area contributed by atoms with Crippen LogP contribution in [0.1, 0.15) is 11.9 Å². The molecule has 0 radical (unpaired) electrons. The second kappa shape index (κ2) is 5.22. The molecular formula is C13H9ClFN3OS. The molecule has 1 N–H and O–H groups in total. The van der Waals surface area contributed by atoms with E-state index in [0.29, 0.717) is 14.8 Å². The second-order valence-electron chi connectivity index (χ2n) is 4.07. The number of thiophene rings is 1. The van der Waals surface area contributed by atoms with Crippen LogP contribution < -0.4 is 5.69 Å². The summed E-state index contributed by atoms with van der Waals surface area (Å²) in [5.74, 6) is 0.239. The summed E-state index contributed by atoms with van der Waals surface area (Å²) in [4.78, 5) is 12.4. The van der Waals surface area contributed by atoms with Gasteiger partial charge in [-0.15, -0.1) is 11.3 Å². The van der Waals surface area contributed by atoms with Crippen molar-refractivity contribution < 1.29 is 4.39 Å². The fourth-order valence-corrected chi connectivity index (χ4v) is 2.91. The Morgan fingerprint density at radius 3 is 2.65 bits per heavy atom. The Balaban J connectivity index is 2.10. The molecule has 7 heteroatoms. The zero-order chi connectivity index (χ0) is 14.1. The molecule has 0 aliphatic heterocycles. The molecule has 2 heterocycles.